The monoisotopic (exact) mass is 304 g/mol. The maximum absolute atomic E-state index is 12.5. The number of nitrogens with zero attached hydrogens (tertiary/aromatic N) is 3. The molecule has 0 aliphatic carbocycles. The van der Waals surface area contributed by atoms with Crippen molar-refractivity contribution in [1.82, 2.24) is 9.55 Å². The second kappa shape index (κ2) is 6.45. The van der Waals surface area contributed by atoms with E-state index in [0.29, 0.717) is 10.6 Å². The quantitative estimate of drug-likeness (QED) is 0.941. The molecule has 0 saturated heterocycles. The molecule has 2 aromatic rings. The van der Waals surface area contributed by atoms with Gasteiger partial charge in [0.05, 0.1) is 0 Å². The van der Waals surface area contributed by atoms with E-state index < -0.39 is 0 Å². The van der Waals surface area contributed by atoms with Gasteiger partial charge in [-0.15, -0.1) is 11.3 Å². The summed E-state index contributed by atoms with van der Waals surface area (Å²) in [7, 11) is 0. The molecule has 2 rings (SSSR count). The first-order valence-corrected chi connectivity index (χ1v) is 7.34. The Hall–Kier alpha value is -2.28. The molecule has 0 saturated carbocycles. The van der Waals surface area contributed by atoms with E-state index in [0.717, 1.165) is 0 Å². The lowest BCUT2D eigenvalue weighted by atomic mass is 10.4. The number of carbonyl (C=O) groups excluding carboxylic acids is 2. The number of carbonyl (C=O) groups is 2. The third-order valence-electron chi connectivity index (χ3n) is 2.45. The van der Waals surface area contributed by atoms with E-state index >= 15 is 0 Å². The van der Waals surface area contributed by atoms with E-state index in [1.165, 1.54) is 22.8 Å². The lowest BCUT2D eigenvalue weighted by Gasteiger charge is -2.05. The first-order valence-electron chi connectivity index (χ1n) is 6.46. The van der Waals surface area contributed by atoms with Crippen LogP contribution >= 0.6 is 11.3 Å². The number of aromatic nitrogens is 2. The minimum Gasteiger partial charge on any atom is -0.302 e. The number of hydrogen-bond donors (Lipinski definition) is 1. The Labute approximate surface area is 126 Å². The molecule has 0 radical (unpaired) electrons. The van der Waals surface area contributed by atoms with Gasteiger partial charge in [-0.05, 0) is 26.0 Å². The molecule has 0 fully saturated rings. The summed E-state index contributed by atoms with van der Waals surface area (Å²) in [4.78, 5) is 32.0. The molecule has 6 nitrogen and oxygen atoms in total. The molecule has 0 bridgehead atoms. The third kappa shape index (κ3) is 3.85. The molecule has 21 heavy (non-hydrogen) atoms. The maximum atomic E-state index is 12.5. The largest absolute Gasteiger partial charge is 0.302 e. The smallest absolute Gasteiger partial charge is 0.283 e. The first-order chi connectivity index (χ1) is 9.97. The topological polar surface area (TPSA) is 76.3 Å². The summed E-state index contributed by atoms with van der Waals surface area (Å²) in [5.41, 5.74) is 0.853. The summed E-state index contributed by atoms with van der Waals surface area (Å²) in [6.07, 6.45) is 1.65. The van der Waals surface area contributed by atoms with Crippen molar-refractivity contribution in [3.63, 3.8) is 0 Å². The molecule has 1 N–H and O–H groups in total. The number of amides is 1. The molecule has 0 aromatic carbocycles. The Morgan fingerprint density at radius 3 is 2.81 bits per heavy atom. The fourth-order valence-electron chi connectivity index (χ4n) is 1.68. The molecule has 2 aromatic heterocycles. The second-order valence-electron chi connectivity index (χ2n) is 4.68. The number of thiazole rings is 1. The summed E-state index contributed by atoms with van der Waals surface area (Å²) in [6, 6.07) is 5.45. The Morgan fingerprint density at radius 1 is 1.38 bits per heavy atom. The molecule has 0 unspecified atom stereocenters. The SMILES string of the molecule is CC(=O)Nc1nc(C(=O)n2ccccc2=NC(C)C)cs1. The Morgan fingerprint density at radius 2 is 2.14 bits per heavy atom. The molecule has 7 heteroatoms. The van der Waals surface area contributed by atoms with Crippen LogP contribution in [0.5, 0.6) is 0 Å². The van der Waals surface area contributed by atoms with Crippen LogP contribution in [0.3, 0.4) is 0 Å². The minimum absolute atomic E-state index is 0.0804. The van der Waals surface area contributed by atoms with Crippen molar-refractivity contribution in [2.24, 2.45) is 4.99 Å². The lowest BCUT2D eigenvalue weighted by molar-refractivity contribution is -0.114. The van der Waals surface area contributed by atoms with Crippen LogP contribution in [0.4, 0.5) is 5.13 Å². The molecule has 0 aliphatic heterocycles. The predicted octanol–water partition coefficient (Wildman–Crippen LogP) is 1.90. The average Bonchev–Trinajstić information content (AvgIpc) is 2.85. The number of pyridine rings is 1. The average molecular weight is 304 g/mol. The summed E-state index contributed by atoms with van der Waals surface area (Å²) >= 11 is 1.21. The Balaban J connectivity index is 2.37. The summed E-state index contributed by atoms with van der Waals surface area (Å²) in [5.74, 6) is -0.492. The van der Waals surface area contributed by atoms with Gasteiger partial charge in [0.2, 0.25) is 5.91 Å². The van der Waals surface area contributed by atoms with Crippen molar-refractivity contribution in [2.75, 3.05) is 5.32 Å². The molecule has 0 spiro atoms. The summed E-state index contributed by atoms with van der Waals surface area (Å²) < 4.78 is 1.45. The highest BCUT2D eigenvalue weighted by Crippen LogP contribution is 2.15. The molecule has 110 valence electrons. The number of hydrogen-bond acceptors (Lipinski definition) is 5. The molecule has 2 heterocycles. The standard InChI is InChI=1S/C14H16N4O2S/c1-9(2)15-12-6-4-5-7-18(12)13(20)11-8-21-14(17-11)16-10(3)19/h4-9H,1-3H3,(H,16,17,19). The highest BCUT2D eigenvalue weighted by Gasteiger charge is 2.13. The fraction of sp³-hybridized carbons (Fsp3) is 0.286. The van der Waals surface area contributed by atoms with Gasteiger partial charge < -0.3 is 5.32 Å². The first kappa shape index (κ1) is 15.1. The van der Waals surface area contributed by atoms with Crippen LogP contribution in [0, 0.1) is 0 Å². The summed E-state index contributed by atoms with van der Waals surface area (Å²) in [5, 5.41) is 4.59. The molecular formula is C14H16N4O2S. The van der Waals surface area contributed by atoms with Crippen LogP contribution < -0.4 is 10.8 Å². The zero-order valence-electron chi connectivity index (χ0n) is 12.0. The fourth-order valence-corrected chi connectivity index (χ4v) is 2.41. The van der Waals surface area contributed by atoms with Gasteiger partial charge in [0, 0.05) is 24.5 Å². The van der Waals surface area contributed by atoms with Gasteiger partial charge in [0.15, 0.2) is 5.13 Å². The van der Waals surface area contributed by atoms with Crippen LogP contribution in [0.1, 0.15) is 31.3 Å². The van der Waals surface area contributed by atoms with Crippen LogP contribution in [-0.2, 0) is 4.79 Å². The van der Waals surface area contributed by atoms with Gasteiger partial charge in [-0.3, -0.25) is 19.1 Å². The van der Waals surface area contributed by atoms with E-state index in [9.17, 15) is 9.59 Å². The lowest BCUT2D eigenvalue weighted by Crippen LogP contribution is -2.28. The van der Waals surface area contributed by atoms with E-state index in [-0.39, 0.29) is 23.6 Å². The molecule has 1 amide bonds. The summed E-state index contributed by atoms with van der Waals surface area (Å²) in [6.45, 7) is 5.29. The van der Waals surface area contributed by atoms with E-state index in [2.05, 4.69) is 15.3 Å². The number of rotatable bonds is 3. The van der Waals surface area contributed by atoms with E-state index in [1.54, 1.807) is 23.7 Å². The second-order valence-corrected chi connectivity index (χ2v) is 5.53. The normalized spacial score (nSPS) is 11.7. The predicted molar refractivity (Wildman–Crippen MR) is 81.3 cm³/mol. The van der Waals surface area contributed by atoms with Gasteiger partial charge in [-0.2, -0.15) is 0 Å². The molecule has 0 aliphatic rings. The van der Waals surface area contributed by atoms with Gasteiger partial charge in [0.1, 0.15) is 11.2 Å². The van der Waals surface area contributed by atoms with E-state index in [4.69, 9.17) is 0 Å². The van der Waals surface area contributed by atoms with Gasteiger partial charge in [0.25, 0.3) is 5.91 Å². The van der Waals surface area contributed by atoms with Crippen molar-refractivity contribution in [3.05, 3.63) is 41.0 Å². The zero-order valence-corrected chi connectivity index (χ0v) is 12.8. The zero-order chi connectivity index (χ0) is 15.4. The highest BCUT2D eigenvalue weighted by molar-refractivity contribution is 7.14. The highest BCUT2D eigenvalue weighted by atomic mass is 32.1. The van der Waals surface area contributed by atoms with Crippen LogP contribution in [-0.4, -0.2) is 27.4 Å². The van der Waals surface area contributed by atoms with Crippen LogP contribution in [0.25, 0.3) is 0 Å². The van der Waals surface area contributed by atoms with Crippen molar-refractivity contribution in [2.45, 2.75) is 26.8 Å². The van der Waals surface area contributed by atoms with Crippen molar-refractivity contribution < 1.29 is 9.59 Å². The maximum Gasteiger partial charge on any atom is 0.283 e. The van der Waals surface area contributed by atoms with Gasteiger partial charge in [-0.25, -0.2) is 4.98 Å². The van der Waals surface area contributed by atoms with Crippen LogP contribution in [0.2, 0.25) is 0 Å². The minimum atomic E-state index is -0.275. The molecule has 0 atom stereocenters. The van der Waals surface area contributed by atoms with Gasteiger partial charge >= 0.3 is 0 Å². The van der Waals surface area contributed by atoms with Crippen molar-refractivity contribution in [3.8, 4) is 0 Å². The van der Waals surface area contributed by atoms with Crippen LogP contribution in [0.15, 0.2) is 34.8 Å². The van der Waals surface area contributed by atoms with Crippen molar-refractivity contribution in [1.29, 1.82) is 0 Å². The van der Waals surface area contributed by atoms with Gasteiger partial charge in [-0.1, -0.05) is 6.07 Å². The Bertz CT molecular complexity index is 730. The molecular weight excluding hydrogens is 288 g/mol. The van der Waals surface area contributed by atoms with E-state index in [1.807, 2.05) is 19.9 Å². The number of nitrogens with one attached hydrogen (secondary N) is 1. The number of anilines is 1. The van der Waals surface area contributed by atoms with Crippen molar-refractivity contribution >= 4 is 28.3 Å². The third-order valence-corrected chi connectivity index (χ3v) is 3.21. The Kier molecular flexibility index (Phi) is 4.64.